The van der Waals surface area contributed by atoms with Crippen molar-refractivity contribution in [3.63, 3.8) is 0 Å². The van der Waals surface area contributed by atoms with Crippen LogP contribution in [0.1, 0.15) is 38.5 Å². The molecule has 0 aromatic rings. The van der Waals surface area contributed by atoms with Crippen LogP contribution in [-0.4, -0.2) is 54.7 Å². The third-order valence-corrected chi connectivity index (χ3v) is 6.17. The van der Waals surface area contributed by atoms with E-state index in [9.17, 15) is 13.2 Å². The Morgan fingerprint density at radius 1 is 1.00 bits per heavy atom. The van der Waals surface area contributed by atoms with Gasteiger partial charge in [-0.2, -0.15) is 17.0 Å². The zero-order chi connectivity index (χ0) is 13.5. The minimum absolute atomic E-state index is 0.109. The van der Waals surface area contributed by atoms with E-state index in [1.165, 1.54) is 8.61 Å². The van der Waals surface area contributed by atoms with Gasteiger partial charge >= 0.3 is 0 Å². The van der Waals surface area contributed by atoms with Gasteiger partial charge in [-0.25, -0.2) is 0 Å². The first-order valence-corrected chi connectivity index (χ1v) is 8.56. The largest absolute Gasteiger partial charge is 0.352 e. The van der Waals surface area contributed by atoms with Gasteiger partial charge in [0.15, 0.2) is 0 Å². The van der Waals surface area contributed by atoms with E-state index in [0.29, 0.717) is 26.1 Å². The summed E-state index contributed by atoms with van der Waals surface area (Å²) in [5, 5.41) is 2.92. The van der Waals surface area contributed by atoms with E-state index in [2.05, 4.69) is 5.32 Å². The van der Waals surface area contributed by atoms with E-state index < -0.39 is 16.3 Å². The SMILES string of the molecule is O=C(NC1CC1)C1CCCN1S(=O)(=O)N1CCCC1. The topological polar surface area (TPSA) is 69.7 Å². The first kappa shape index (κ1) is 13.3. The lowest BCUT2D eigenvalue weighted by Crippen LogP contribution is -2.50. The van der Waals surface area contributed by atoms with Crippen LogP contribution in [-0.2, 0) is 15.0 Å². The van der Waals surface area contributed by atoms with Gasteiger partial charge in [0.1, 0.15) is 6.04 Å². The minimum atomic E-state index is -3.44. The molecule has 0 bridgehead atoms. The maximum absolute atomic E-state index is 12.5. The summed E-state index contributed by atoms with van der Waals surface area (Å²) in [5.41, 5.74) is 0. The summed E-state index contributed by atoms with van der Waals surface area (Å²) in [7, 11) is -3.44. The number of carbonyl (C=O) groups excluding carboxylic acids is 1. The van der Waals surface area contributed by atoms with E-state index in [4.69, 9.17) is 0 Å². The smallest absolute Gasteiger partial charge is 0.282 e. The fourth-order valence-electron chi connectivity index (χ4n) is 2.87. The molecule has 3 fully saturated rings. The minimum Gasteiger partial charge on any atom is -0.352 e. The quantitative estimate of drug-likeness (QED) is 0.795. The predicted molar refractivity (Wildman–Crippen MR) is 70.6 cm³/mol. The number of amides is 1. The highest BCUT2D eigenvalue weighted by molar-refractivity contribution is 7.86. The number of rotatable bonds is 4. The Bertz CT molecular complexity index is 455. The average molecular weight is 287 g/mol. The zero-order valence-corrected chi connectivity index (χ0v) is 11.9. The molecule has 1 unspecified atom stereocenters. The summed E-state index contributed by atoms with van der Waals surface area (Å²) in [6, 6.07) is -0.212. The number of nitrogens with one attached hydrogen (secondary N) is 1. The van der Waals surface area contributed by atoms with Crippen molar-refractivity contribution in [2.24, 2.45) is 0 Å². The maximum Gasteiger partial charge on any atom is 0.282 e. The van der Waals surface area contributed by atoms with Crippen LogP contribution in [0.25, 0.3) is 0 Å². The molecule has 2 heterocycles. The molecule has 108 valence electrons. The third-order valence-electron chi connectivity index (χ3n) is 4.12. The molecule has 0 aromatic heterocycles. The molecule has 0 radical (unpaired) electrons. The van der Waals surface area contributed by atoms with Crippen LogP contribution in [0.15, 0.2) is 0 Å². The molecule has 1 amide bonds. The predicted octanol–water partition coefficient (Wildman–Crippen LogP) is 0.0700. The molecule has 1 N–H and O–H groups in total. The monoisotopic (exact) mass is 287 g/mol. The van der Waals surface area contributed by atoms with Crippen LogP contribution in [0.4, 0.5) is 0 Å². The second-order valence-corrected chi connectivity index (χ2v) is 7.55. The molecular weight excluding hydrogens is 266 g/mol. The Kier molecular flexibility index (Phi) is 3.53. The van der Waals surface area contributed by atoms with Gasteiger partial charge in [0.25, 0.3) is 10.2 Å². The fourth-order valence-corrected chi connectivity index (χ4v) is 4.77. The summed E-state index contributed by atoms with van der Waals surface area (Å²) in [4.78, 5) is 12.1. The van der Waals surface area contributed by atoms with Crippen LogP contribution >= 0.6 is 0 Å². The van der Waals surface area contributed by atoms with Gasteiger partial charge in [-0.05, 0) is 38.5 Å². The van der Waals surface area contributed by atoms with Crippen molar-refractivity contribution >= 4 is 16.1 Å². The molecule has 7 heteroatoms. The lowest BCUT2D eigenvalue weighted by atomic mass is 10.2. The van der Waals surface area contributed by atoms with Gasteiger partial charge in [-0.1, -0.05) is 0 Å². The normalized spacial score (nSPS) is 29.8. The highest BCUT2D eigenvalue weighted by atomic mass is 32.2. The molecule has 1 saturated carbocycles. The highest BCUT2D eigenvalue weighted by Gasteiger charge is 2.43. The number of nitrogens with zero attached hydrogens (tertiary/aromatic N) is 2. The number of carbonyl (C=O) groups is 1. The van der Waals surface area contributed by atoms with Gasteiger partial charge in [-0.3, -0.25) is 4.79 Å². The number of hydrogen-bond donors (Lipinski definition) is 1. The van der Waals surface area contributed by atoms with E-state index in [1.807, 2.05) is 0 Å². The van der Waals surface area contributed by atoms with Crippen LogP contribution in [0.5, 0.6) is 0 Å². The molecule has 3 rings (SSSR count). The summed E-state index contributed by atoms with van der Waals surface area (Å²) < 4.78 is 28.0. The van der Waals surface area contributed by atoms with Gasteiger partial charge in [0.05, 0.1) is 0 Å². The van der Waals surface area contributed by atoms with Crippen molar-refractivity contribution in [2.75, 3.05) is 19.6 Å². The lowest BCUT2D eigenvalue weighted by Gasteiger charge is -2.27. The zero-order valence-electron chi connectivity index (χ0n) is 11.0. The lowest BCUT2D eigenvalue weighted by molar-refractivity contribution is -0.124. The molecule has 19 heavy (non-hydrogen) atoms. The molecule has 0 spiro atoms. The van der Waals surface area contributed by atoms with Crippen LogP contribution in [0, 0.1) is 0 Å². The number of hydrogen-bond acceptors (Lipinski definition) is 3. The Morgan fingerprint density at radius 3 is 2.32 bits per heavy atom. The van der Waals surface area contributed by atoms with Crippen molar-refractivity contribution in [2.45, 2.75) is 50.6 Å². The van der Waals surface area contributed by atoms with Crippen LogP contribution in [0.2, 0.25) is 0 Å². The summed E-state index contributed by atoms with van der Waals surface area (Å²) in [5.74, 6) is -0.109. The van der Waals surface area contributed by atoms with Crippen molar-refractivity contribution in [3.05, 3.63) is 0 Å². The van der Waals surface area contributed by atoms with E-state index in [1.54, 1.807) is 0 Å². The Balaban J connectivity index is 1.72. The van der Waals surface area contributed by atoms with E-state index in [-0.39, 0.29) is 11.9 Å². The molecule has 6 nitrogen and oxygen atoms in total. The highest BCUT2D eigenvalue weighted by Crippen LogP contribution is 2.27. The summed E-state index contributed by atoms with van der Waals surface area (Å²) in [6.07, 6.45) is 5.31. The Labute approximate surface area is 114 Å². The fraction of sp³-hybridized carbons (Fsp3) is 0.917. The standard InChI is InChI=1S/C12H21N3O3S/c16-12(13-10-5-6-10)11-4-3-9-15(11)19(17,18)14-7-1-2-8-14/h10-11H,1-9H2,(H,13,16). The molecule has 3 aliphatic rings. The average Bonchev–Trinajstić information content (AvgIpc) is 2.92. The summed E-state index contributed by atoms with van der Waals surface area (Å²) >= 11 is 0. The van der Waals surface area contributed by atoms with Crippen molar-refractivity contribution in [1.29, 1.82) is 0 Å². The van der Waals surface area contributed by atoms with E-state index in [0.717, 1.165) is 32.1 Å². The third kappa shape index (κ3) is 2.64. The van der Waals surface area contributed by atoms with Gasteiger partial charge in [0, 0.05) is 25.7 Å². The van der Waals surface area contributed by atoms with Crippen molar-refractivity contribution in [1.82, 2.24) is 13.9 Å². The maximum atomic E-state index is 12.5. The summed E-state index contributed by atoms with van der Waals surface area (Å²) in [6.45, 7) is 1.66. The molecule has 0 aromatic carbocycles. The first-order valence-electron chi connectivity index (χ1n) is 7.16. The Morgan fingerprint density at radius 2 is 1.68 bits per heavy atom. The first-order chi connectivity index (χ1) is 9.09. The molecular formula is C12H21N3O3S. The van der Waals surface area contributed by atoms with Crippen LogP contribution < -0.4 is 5.32 Å². The van der Waals surface area contributed by atoms with Gasteiger partial charge in [-0.15, -0.1) is 0 Å². The van der Waals surface area contributed by atoms with Crippen molar-refractivity contribution in [3.8, 4) is 0 Å². The molecule has 1 atom stereocenters. The van der Waals surface area contributed by atoms with Gasteiger partial charge < -0.3 is 5.32 Å². The Hall–Kier alpha value is -0.660. The second-order valence-electron chi connectivity index (χ2n) is 5.67. The molecule has 2 saturated heterocycles. The molecule has 1 aliphatic carbocycles. The van der Waals surface area contributed by atoms with E-state index >= 15 is 0 Å². The van der Waals surface area contributed by atoms with Crippen molar-refractivity contribution < 1.29 is 13.2 Å². The van der Waals surface area contributed by atoms with Gasteiger partial charge in [0.2, 0.25) is 5.91 Å². The van der Waals surface area contributed by atoms with Crippen LogP contribution in [0.3, 0.4) is 0 Å². The molecule has 2 aliphatic heterocycles. The second kappa shape index (κ2) is 5.03.